The van der Waals surface area contributed by atoms with Gasteiger partial charge in [-0.2, -0.15) is 0 Å². The van der Waals surface area contributed by atoms with Gasteiger partial charge in [0.25, 0.3) is 23.6 Å². The van der Waals surface area contributed by atoms with Gasteiger partial charge in [0.15, 0.2) is 0 Å². The molecule has 6 rings (SSSR count). The Hall–Kier alpha value is -3.44. The number of nitrogens with zero attached hydrogens (tertiary/aromatic N) is 2. The zero-order chi connectivity index (χ0) is 34.7. The molecule has 4 amide bonds. The van der Waals surface area contributed by atoms with E-state index in [4.69, 9.17) is 0 Å². The fourth-order valence-corrected chi connectivity index (χ4v) is 7.46. The largest absolute Gasteiger partial charge is 0.317 e. The molecule has 0 spiro atoms. The highest BCUT2D eigenvalue weighted by Crippen LogP contribution is 2.31. The van der Waals surface area contributed by atoms with Crippen molar-refractivity contribution in [3.63, 3.8) is 0 Å². The van der Waals surface area contributed by atoms with Gasteiger partial charge in [0, 0.05) is 46.1 Å². The molecule has 0 bridgehead atoms. The van der Waals surface area contributed by atoms with Crippen LogP contribution in [0.3, 0.4) is 0 Å². The highest BCUT2D eigenvalue weighted by molar-refractivity contribution is 8.93. The summed E-state index contributed by atoms with van der Waals surface area (Å²) in [5.41, 5.74) is 2.50. The number of carbonyl (C=O) groups is 4. The van der Waals surface area contributed by atoms with Crippen LogP contribution in [0.2, 0.25) is 0 Å². The van der Waals surface area contributed by atoms with E-state index in [0.29, 0.717) is 35.3 Å². The number of carbonyl (C=O) groups excluding carboxylic acids is 4. The molecule has 0 radical (unpaired) electrons. The van der Waals surface area contributed by atoms with Crippen molar-refractivity contribution in [3.8, 4) is 0 Å². The molecule has 52 heavy (non-hydrogen) atoms. The number of benzene rings is 4. The number of amides is 4. The van der Waals surface area contributed by atoms with Gasteiger partial charge < -0.3 is 10.6 Å². The molecule has 0 aliphatic carbocycles. The van der Waals surface area contributed by atoms with Crippen LogP contribution in [0.1, 0.15) is 118 Å². The molecule has 2 heterocycles. The summed E-state index contributed by atoms with van der Waals surface area (Å²) in [7, 11) is 0. The van der Waals surface area contributed by atoms with Crippen LogP contribution in [0.5, 0.6) is 0 Å². The van der Waals surface area contributed by atoms with E-state index >= 15 is 0 Å². The molecule has 0 atom stereocenters. The number of rotatable bonds is 21. The van der Waals surface area contributed by atoms with E-state index in [-0.39, 0.29) is 57.6 Å². The molecule has 0 unspecified atom stereocenters. The Morgan fingerprint density at radius 1 is 0.365 bits per heavy atom. The van der Waals surface area contributed by atoms with Gasteiger partial charge in [-0.15, -0.1) is 34.0 Å². The molecule has 0 saturated heterocycles. The number of nitrogens with one attached hydrogen (secondary N) is 2. The maximum Gasteiger partial charge on any atom is 0.261 e. The second-order valence-electron chi connectivity index (χ2n) is 13.7. The van der Waals surface area contributed by atoms with Crippen molar-refractivity contribution in [2.75, 3.05) is 39.3 Å². The minimum Gasteiger partial charge on any atom is -0.317 e. The van der Waals surface area contributed by atoms with Crippen LogP contribution in [0.4, 0.5) is 0 Å². The lowest BCUT2D eigenvalue weighted by Crippen LogP contribution is -2.41. The van der Waals surface area contributed by atoms with Crippen LogP contribution >= 0.6 is 34.0 Å². The van der Waals surface area contributed by atoms with Crippen molar-refractivity contribution in [1.82, 2.24) is 20.4 Å². The molecular weight excluding hydrogens is 784 g/mol. The fourth-order valence-electron chi connectivity index (χ4n) is 7.46. The zero-order valence-electron chi connectivity index (χ0n) is 30.0. The van der Waals surface area contributed by atoms with Gasteiger partial charge in [0.2, 0.25) is 0 Å². The second kappa shape index (κ2) is 20.7. The van der Waals surface area contributed by atoms with Gasteiger partial charge in [0.1, 0.15) is 0 Å². The molecule has 4 aromatic carbocycles. The van der Waals surface area contributed by atoms with Crippen LogP contribution in [0, 0.1) is 0 Å². The first-order chi connectivity index (χ1) is 24.6. The Morgan fingerprint density at radius 3 is 0.942 bits per heavy atom. The fraction of sp³-hybridized carbons (Fsp3) is 0.429. The van der Waals surface area contributed by atoms with Gasteiger partial charge >= 0.3 is 0 Å². The first-order valence-corrected chi connectivity index (χ1v) is 18.7. The molecule has 0 fully saturated rings. The first kappa shape index (κ1) is 41.3. The second-order valence-corrected chi connectivity index (χ2v) is 13.7. The predicted molar refractivity (Wildman–Crippen MR) is 220 cm³/mol. The van der Waals surface area contributed by atoms with Gasteiger partial charge in [0.05, 0.1) is 0 Å². The molecule has 2 aliphatic heterocycles. The summed E-state index contributed by atoms with van der Waals surface area (Å²) < 4.78 is 0. The number of imide groups is 2. The molecular formula is C42H52Br2N4O4. The van der Waals surface area contributed by atoms with E-state index in [0.717, 1.165) is 73.4 Å². The van der Waals surface area contributed by atoms with Crippen molar-refractivity contribution in [1.29, 1.82) is 0 Å². The van der Waals surface area contributed by atoms with E-state index in [1.807, 2.05) is 72.8 Å². The number of hydrogen-bond donors (Lipinski definition) is 2. The Labute approximate surface area is 328 Å². The van der Waals surface area contributed by atoms with Gasteiger partial charge in [-0.25, -0.2) is 0 Å². The van der Waals surface area contributed by atoms with Crippen LogP contribution in [0.25, 0.3) is 21.5 Å². The molecule has 0 aromatic heterocycles. The highest BCUT2D eigenvalue weighted by Gasteiger charge is 2.33. The summed E-state index contributed by atoms with van der Waals surface area (Å²) in [5, 5.41) is 10.4. The molecule has 278 valence electrons. The van der Waals surface area contributed by atoms with Crippen molar-refractivity contribution in [2.45, 2.75) is 77.0 Å². The average Bonchev–Trinajstić information content (AvgIpc) is 3.14. The third-order valence-corrected chi connectivity index (χ3v) is 10.1. The normalized spacial score (nSPS) is 13.5. The lowest BCUT2D eigenvalue weighted by molar-refractivity contribution is 0.0593. The molecule has 0 saturated carbocycles. The van der Waals surface area contributed by atoms with Crippen LogP contribution in [-0.2, 0) is 0 Å². The third kappa shape index (κ3) is 9.75. The van der Waals surface area contributed by atoms with Crippen molar-refractivity contribution in [2.24, 2.45) is 0 Å². The maximum absolute atomic E-state index is 13.0. The Morgan fingerprint density at radius 2 is 0.635 bits per heavy atom. The number of unbranched alkanes of at least 4 members (excludes halogenated alkanes) is 9. The minimum atomic E-state index is -0.183. The zero-order valence-corrected chi connectivity index (χ0v) is 33.4. The Balaban J connectivity index is 0.00000302. The van der Waals surface area contributed by atoms with Crippen molar-refractivity contribution < 1.29 is 19.2 Å². The number of hydrogen-bond acceptors (Lipinski definition) is 6. The summed E-state index contributed by atoms with van der Waals surface area (Å²) in [6.45, 7) is 4.41. The molecule has 2 N–H and O–H groups in total. The monoisotopic (exact) mass is 834 g/mol. The summed E-state index contributed by atoms with van der Waals surface area (Å²) in [6.07, 6.45) is 14.0. The summed E-state index contributed by atoms with van der Waals surface area (Å²) in [4.78, 5) is 54.8. The van der Waals surface area contributed by atoms with Gasteiger partial charge in [-0.3, -0.25) is 29.0 Å². The minimum absolute atomic E-state index is 0. The smallest absolute Gasteiger partial charge is 0.261 e. The van der Waals surface area contributed by atoms with Crippen molar-refractivity contribution in [3.05, 3.63) is 95.1 Å². The quantitative estimate of drug-likeness (QED) is 0.0643. The van der Waals surface area contributed by atoms with E-state index in [9.17, 15) is 19.2 Å². The Bertz CT molecular complexity index is 1610. The van der Waals surface area contributed by atoms with Crippen LogP contribution < -0.4 is 10.6 Å². The van der Waals surface area contributed by atoms with Crippen LogP contribution in [-0.4, -0.2) is 72.7 Å². The van der Waals surface area contributed by atoms with Gasteiger partial charge in [-0.05, 0) is 86.9 Å². The number of halogens is 2. The molecule has 2 aliphatic rings. The molecule has 10 heteroatoms. The highest BCUT2D eigenvalue weighted by atomic mass is 79.9. The molecule has 8 nitrogen and oxygen atoms in total. The topological polar surface area (TPSA) is 98.8 Å². The summed E-state index contributed by atoms with van der Waals surface area (Å²) in [6, 6.07) is 22.6. The van der Waals surface area contributed by atoms with Crippen LogP contribution in [0.15, 0.2) is 72.8 Å². The molecule has 4 aromatic rings. The predicted octanol–water partition coefficient (Wildman–Crippen LogP) is 8.90. The standard InChI is InChI=1S/C42H50N4O4.2BrH/c47-39-33-21-11-17-31-18-12-22-34(37(31)33)40(48)45(39)29-15-27-43-25-9-7-5-3-1-2-4-6-8-10-26-44-28-16-30-46-41(49)35-23-13-19-32-20-14-24-36(38(32)35)42(46)50;;/h11-14,17-24,43-44H,1-10,15-16,25-30H2;2*1H. The van der Waals surface area contributed by atoms with E-state index in [2.05, 4.69) is 10.6 Å². The lowest BCUT2D eigenvalue weighted by Gasteiger charge is -2.27. The van der Waals surface area contributed by atoms with Gasteiger partial charge in [-0.1, -0.05) is 99.9 Å². The van der Waals surface area contributed by atoms with E-state index < -0.39 is 0 Å². The maximum atomic E-state index is 13.0. The van der Waals surface area contributed by atoms with Crippen molar-refractivity contribution >= 4 is 79.1 Å². The summed E-state index contributed by atoms with van der Waals surface area (Å²) in [5.74, 6) is -0.732. The summed E-state index contributed by atoms with van der Waals surface area (Å²) >= 11 is 0. The van der Waals surface area contributed by atoms with E-state index in [1.165, 1.54) is 61.2 Å². The Kier molecular flexibility index (Phi) is 16.5. The lowest BCUT2D eigenvalue weighted by atomic mass is 9.94. The average molecular weight is 837 g/mol. The SMILES string of the molecule is Br.Br.O=C1c2cccc3cccc(c23)C(=O)N1CCCNCCCCCCCCCCCCNCCCN1C(=O)c2cccc3cccc(c23)C1=O. The van der Waals surface area contributed by atoms with E-state index in [1.54, 1.807) is 0 Å². The third-order valence-electron chi connectivity index (χ3n) is 10.1. The first-order valence-electron chi connectivity index (χ1n) is 18.7.